The van der Waals surface area contributed by atoms with Crippen molar-refractivity contribution in [3.8, 4) is 0 Å². The molecule has 0 radical (unpaired) electrons. The molecule has 0 aromatic carbocycles. The molecule has 0 atom stereocenters. The molecule has 0 N–H and O–H groups in total. The van der Waals surface area contributed by atoms with E-state index in [0.29, 0.717) is 12.2 Å². The summed E-state index contributed by atoms with van der Waals surface area (Å²) in [5.41, 5.74) is 0.862. The first-order chi connectivity index (χ1) is 11.4. The summed E-state index contributed by atoms with van der Waals surface area (Å²) in [6.07, 6.45) is -1.88. The Labute approximate surface area is 138 Å². The summed E-state index contributed by atoms with van der Waals surface area (Å²) >= 11 is 0. The molecule has 0 unspecified atom stereocenters. The second kappa shape index (κ2) is 6.72. The molecule has 0 amide bonds. The Morgan fingerprint density at radius 1 is 1.04 bits per heavy atom. The average Bonchev–Trinajstić information content (AvgIpc) is 2.55. The first-order valence-corrected chi connectivity index (χ1v) is 7.70. The minimum Gasteiger partial charge on any atom is -0.354 e. The quantitative estimate of drug-likeness (QED) is 0.861. The number of aryl methyl sites for hydroxylation is 1. The van der Waals surface area contributed by atoms with Gasteiger partial charge in [0.05, 0.1) is 11.3 Å². The van der Waals surface area contributed by atoms with Crippen molar-refractivity contribution in [2.24, 2.45) is 0 Å². The molecule has 2 aromatic rings. The predicted octanol–water partition coefficient (Wildman–Crippen LogP) is 2.52. The highest BCUT2D eigenvalue weighted by molar-refractivity contribution is 5.39. The van der Waals surface area contributed by atoms with Gasteiger partial charge in [0, 0.05) is 50.7 Å². The molecule has 0 bridgehead atoms. The van der Waals surface area contributed by atoms with E-state index in [9.17, 15) is 13.2 Å². The smallest absolute Gasteiger partial charge is 0.354 e. The van der Waals surface area contributed by atoms with Crippen LogP contribution < -0.4 is 4.90 Å². The van der Waals surface area contributed by atoms with Crippen molar-refractivity contribution in [2.75, 3.05) is 31.1 Å². The molecule has 3 rings (SSSR count). The minimum atomic E-state index is -4.34. The highest BCUT2D eigenvalue weighted by Crippen LogP contribution is 2.28. The Bertz CT molecular complexity index is 679. The number of anilines is 1. The molecule has 0 spiro atoms. The van der Waals surface area contributed by atoms with Gasteiger partial charge in [-0.25, -0.2) is 9.97 Å². The number of alkyl halides is 3. The Morgan fingerprint density at radius 2 is 1.79 bits per heavy atom. The van der Waals surface area contributed by atoms with Gasteiger partial charge in [-0.2, -0.15) is 13.2 Å². The van der Waals surface area contributed by atoms with Crippen LogP contribution in [0.3, 0.4) is 0 Å². The van der Waals surface area contributed by atoms with Gasteiger partial charge in [-0.05, 0) is 19.1 Å². The highest BCUT2D eigenvalue weighted by Gasteiger charge is 2.30. The third kappa shape index (κ3) is 4.00. The summed E-state index contributed by atoms with van der Waals surface area (Å²) in [5, 5.41) is 0. The summed E-state index contributed by atoms with van der Waals surface area (Å²) in [4.78, 5) is 16.7. The van der Waals surface area contributed by atoms with Crippen molar-refractivity contribution in [3.05, 3.63) is 47.7 Å². The molecule has 8 heteroatoms. The van der Waals surface area contributed by atoms with E-state index in [-0.39, 0.29) is 0 Å². The number of hydrogen-bond donors (Lipinski definition) is 0. The fourth-order valence-corrected chi connectivity index (χ4v) is 2.66. The number of halogens is 3. The van der Waals surface area contributed by atoms with E-state index in [1.165, 1.54) is 6.07 Å². The second-order valence-corrected chi connectivity index (χ2v) is 5.82. The lowest BCUT2D eigenvalue weighted by atomic mass is 10.2. The minimum absolute atomic E-state index is 0.550. The van der Waals surface area contributed by atoms with Crippen LogP contribution in [0.5, 0.6) is 0 Å². The van der Waals surface area contributed by atoms with Crippen molar-refractivity contribution in [2.45, 2.75) is 19.6 Å². The molecule has 2 aromatic heterocycles. The van der Waals surface area contributed by atoms with Crippen molar-refractivity contribution in [3.63, 3.8) is 0 Å². The molecule has 1 aliphatic heterocycles. The molecule has 0 saturated carbocycles. The lowest BCUT2D eigenvalue weighted by molar-refractivity contribution is -0.137. The summed E-state index contributed by atoms with van der Waals surface area (Å²) in [6.45, 7) is 5.73. The topological polar surface area (TPSA) is 45.2 Å². The van der Waals surface area contributed by atoms with Crippen LogP contribution in [0.4, 0.5) is 19.0 Å². The van der Waals surface area contributed by atoms with E-state index in [2.05, 4.69) is 24.8 Å². The molecule has 5 nitrogen and oxygen atoms in total. The average molecular weight is 337 g/mol. The van der Waals surface area contributed by atoms with Gasteiger partial charge in [-0.1, -0.05) is 0 Å². The maximum Gasteiger partial charge on any atom is 0.417 e. The maximum absolute atomic E-state index is 12.5. The molecular formula is C16H18F3N5. The zero-order chi connectivity index (χ0) is 17.2. The molecule has 3 heterocycles. The summed E-state index contributed by atoms with van der Waals surface area (Å²) < 4.78 is 37.6. The number of rotatable bonds is 3. The molecule has 1 fully saturated rings. The van der Waals surface area contributed by atoms with Crippen molar-refractivity contribution >= 4 is 5.82 Å². The Kier molecular flexibility index (Phi) is 4.66. The van der Waals surface area contributed by atoms with E-state index in [0.717, 1.165) is 50.0 Å². The number of piperazine rings is 1. The zero-order valence-electron chi connectivity index (χ0n) is 13.3. The molecule has 1 aliphatic rings. The molecule has 1 saturated heterocycles. The molecule has 24 heavy (non-hydrogen) atoms. The number of aromatic nitrogens is 3. The normalized spacial score (nSPS) is 16.4. The van der Waals surface area contributed by atoms with E-state index in [4.69, 9.17) is 0 Å². The summed E-state index contributed by atoms with van der Waals surface area (Å²) in [5.74, 6) is 0.912. The van der Waals surface area contributed by atoms with E-state index < -0.39 is 11.7 Å². The van der Waals surface area contributed by atoms with Gasteiger partial charge >= 0.3 is 6.18 Å². The van der Waals surface area contributed by atoms with Crippen LogP contribution in [0.2, 0.25) is 0 Å². The lowest BCUT2D eigenvalue weighted by Gasteiger charge is -2.35. The van der Waals surface area contributed by atoms with Crippen LogP contribution in [-0.2, 0) is 12.7 Å². The van der Waals surface area contributed by atoms with Crippen LogP contribution in [-0.4, -0.2) is 46.0 Å². The summed E-state index contributed by atoms with van der Waals surface area (Å²) in [7, 11) is 0. The fraction of sp³-hybridized carbons (Fsp3) is 0.438. The third-order valence-corrected chi connectivity index (χ3v) is 4.02. The predicted molar refractivity (Wildman–Crippen MR) is 83.5 cm³/mol. The van der Waals surface area contributed by atoms with Crippen LogP contribution in [0.15, 0.2) is 30.7 Å². The number of nitrogens with zero attached hydrogens (tertiary/aromatic N) is 5. The number of pyridine rings is 1. The maximum atomic E-state index is 12.5. The second-order valence-electron chi connectivity index (χ2n) is 5.82. The standard InChI is InChI=1S/C16H18F3N5/c1-12-8-15(22-11-21-12)24-6-4-23(5-7-24)10-14-3-2-13(9-20-14)16(17,18)19/h2-3,8-9,11H,4-7,10H2,1H3. The van der Waals surface area contributed by atoms with E-state index in [1.54, 1.807) is 6.33 Å². The monoisotopic (exact) mass is 337 g/mol. The van der Waals surface area contributed by atoms with Crippen LogP contribution >= 0.6 is 0 Å². The molecule has 0 aliphatic carbocycles. The van der Waals surface area contributed by atoms with Gasteiger partial charge in [0.15, 0.2) is 0 Å². The van der Waals surface area contributed by atoms with Gasteiger partial charge in [0.25, 0.3) is 0 Å². The van der Waals surface area contributed by atoms with Gasteiger partial charge in [0.1, 0.15) is 12.1 Å². The van der Waals surface area contributed by atoms with Gasteiger partial charge in [-0.15, -0.1) is 0 Å². The van der Waals surface area contributed by atoms with Crippen molar-refractivity contribution in [1.82, 2.24) is 19.9 Å². The summed E-state index contributed by atoms with van der Waals surface area (Å²) in [6, 6.07) is 4.48. The largest absolute Gasteiger partial charge is 0.417 e. The number of hydrogen-bond acceptors (Lipinski definition) is 5. The zero-order valence-corrected chi connectivity index (χ0v) is 13.3. The van der Waals surface area contributed by atoms with E-state index >= 15 is 0 Å². The van der Waals surface area contributed by atoms with Gasteiger partial charge in [0.2, 0.25) is 0 Å². The SMILES string of the molecule is Cc1cc(N2CCN(Cc3ccc(C(F)(F)F)cn3)CC2)ncn1. The highest BCUT2D eigenvalue weighted by atomic mass is 19.4. The lowest BCUT2D eigenvalue weighted by Crippen LogP contribution is -2.46. The van der Waals surface area contributed by atoms with Crippen LogP contribution in [0.25, 0.3) is 0 Å². The third-order valence-electron chi connectivity index (χ3n) is 4.02. The van der Waals surface area contributed by atoms with Crippen LogP contribution in [0, 0.1) is 6.92 Å². The van der Waals surface area contributed by atoms with Gasteiger partial charge < -0.3 is 4.90 Å². The van der Waals surface area contributed by atoms with Crippen molar-refractivity contribution < 1.29 is 13.2 Å². The Morgan fingerprint density at radius 3 is 2.38 bits per heavy atom. The fourth-order valence-electron chi connectivity index (χ4n) is 2.66. The Balaban J connectivity index is 1.55. The van der Waals surface area contributed by atoms with Gasteiger partial charge in [-0.3, -0.25) is 9.88 Å². The first kappa shape index (κ1) is 16.6. The van der Waals surface area contributed by atoms with Crippen molar-refractivity contribution in [1.29, 1.82) is 0 Å². The molecule has 128 valence electrons. The first-order valence-electron chi connectivity index (χ1n) is 7.70. The molecular weight excluding hydrogens is 319 g/mol. The van der Waals surface area contributed by atoms with E-state index in [1.807, 2.05) is 13.0 Å². The Hall–Kier alpha value is -2.22. The van der Waals surface area contributed by atoms with Crippen LogP contribution in [0.1, 0.15) is 17.0 Å².